The van der Waals surface area contributed by atoms with E-state index in [2.05, 4.69) is 5.32 Å². The van der Waals surface area contributed by atoms with Crippen molar-refractivity contribution in [1.29, 1.82) is 0 Å². The third-order valence-electron chi connectivity index (χ3n) is 4.61. The summed E-state index contributed by atoms with van der Waals surface area (Å²) in [6.07, 6.45) is 0.0392. The number of carbonyl (C=O) groups excluding carboxylic acids is 3. The van der Waals surface area contributed by atoms with E-state index in [4.69, 9.17) is 4.74 Å². The first kappa shape index (κ1) is 19.5. The lowest BCUT2D eigenvalue weighted by Crippen LogP contribution is -2.28. The summed E-state index contributed by atoms with van der Waals surface area (Å²) in [6.45, 7) is 3.28. The SMILES string of the molecule is Cc1ccc(N2C[C@H](C(=O)OCC(=O)Nc3ccc(C)c(F)c3)CC2=O)cc1. The highest BCUT2D eigenvalue weighted by molar-refractivity contribution is 6.00. The van der Waals surface area contributed by atoms with Gasteiger partial charge < -0.3 is 15.0 Å². The van der Waals surface area contributed by atoms with Crippen LogP contribution in [-0.4, -0.2) is 30.9 Å². The van der Waals surface area contributed by atoms with Crippen LogP contribution in [-0.2, 0) is 19.1 Å². The lowest BCUT2D eigenvalue weighted by Gasteiger charge is -2.16. The average Bonchev–Trinajstić information content (AvgIpc) is 3.05. The minimum absolute atomic E-state index is 0.0392. The van der Waals surface area contributed by atoms with Gasteiger partial charge in [-0.25, -0.2) is 4.39 Å². The van der Waals surface area contributed by atoms with E-state index in [1.807, 2.05) is 31.2 Å². The number of halogens is 1. The number of anilines is 2. The van der Waals surface area contributed by atoms with Crippen molar-refractivity contribution < 1.29 is 23.5 Å². The van der Waals surface area contributed by atoms with Gasteiger partial charge in [0.05, 0.1) is 5.92 Å². The molecule has 146 valence electrons. The van der Waals surface area contributed by atoms with Crippen LogP contribution in [0.4, 0.5) is 15.8 Å². The van der Waals surface area contributed by atoms with Crippen molar-refractivity contribution in [2.45, 2.75) is 20.3 Å². The molecule has 1 atom stereocenters. The van der Waals surface area contributed by atoms with E-state index in [0.717, 1.165) is 11.3 Å². The molecule has 1 aliphatic rings. The molecule has 28 heavy (non-hydrogen) atoms. The zero-order valence-corrected chi connectivity index (χ0v) is 15.7. The van der Waals surface area contributed by atoms with E-state index in [1.165, 1.54) is 6.07 Å². The average molecular weight is 384 g/mol. The van der Waals surface area contributed by atoms with Crippen LogP contribution in [0.25, 0.3) is 0 Å². The van der Waals surface area contributed by atoms with E-state index in [1.54, 1.807) is 24.0 Å². The zero-order chi connectivity index (χ0) is 20.3. The maximum atomic E-state index is 13.5. The van der Waals surface area contributed by atoms with Crippen molar-refractivity contribution in [3.05, 3.63) is 59.4 Å². The van der Waals surface area contributed by atoms with Crippen LogP contribution in [0.15, 0.2) is 42.5 Å². The molecule has 3 rings (SSSR count). The molecule has 0 radical (unpaired) electrons. The second-order valence-electron chi connectivity index (χ2n) is 6.86. The molecule has 2 amide bonds. The summed E-state index contributed by atoms with van der Waals surface area (Å²) in [5.41, 5.74) is 2.55. The smallest absolute Gasteiger partial charge is 0.311 e. The number of hydrogen-bond acceptors (Lipinski definition) is 4. The first-order valence-electron chi connectivity index (χ1n) is 8.93. The minimum Gasteiger partial charge on any atom is -0.455 e. The first-order valence-corrected chi connectivity index (χ1v) is 8.93. The highest BCUT2D eigenvalue weighted by Gasteiger charge is 2.36. The Morgan fingerprint density at radius 3 is 2.57 bits per heavy atom. The summed E-state index contributed by atoms with van der Waals surface area (Å²) in [6, 6.07) is 11.8. The quantitative estimate of drug-likeness (QED) is 0.804. The molecule has 7 heteroatoms. The molecule has 2 aromatic rings. The van der Waals surface area contributed by atoms with Crippen molar-refractivity contribution in [3.63, 3.8) is 0 Å². The molecule has 1 aliphatic heterocycles. The van der Waals surface area contributed by atoms with Crippen molar-refractivity contribution in [2.24, 2.45) is 5.92 Å². The van der Waals surface area contributed by atoms with Gasteiger partial charge in [0.1, 0.15) is 5.82 Å². The van der Waals surface area contributed by atoms with Crippen molar-refractivity contribution in [2.75, 3.05) is 23.4 Å². The number of benzene rings is 2. The number of amides is 2. The normalized spacial score (nSPS) is 16.2. The van der Waals surface area contributed by atoms with E-state index in [0.29, 0.717) is 5.56 Å². The van der Waals surface area contributed by atoms with Gasteiger partial charge in [-0.05, 0) is 43.7 Å². The Balaban J connectivity index is 1.52. The predicted octanol–water partition coefficient (Wildman–Crippen LogP) is 2.98. The van der Waals surface area contributed by atoms with Gasteiger partial charge in [-0.3, -0.25) is 14.4 Å². The molecule has 0 saturated carbocycles. The number of rotatable bonds is 5. The summed E-state index contributed by atoms with van der Waals surface area (Å²) >= 11 is 0. The van der Waals surface area contributed by atoms with Crippen LogP contribution in [0, 0.1) is 25.6 Å². The minimum atomic E-state index is -0.626. The topological polar surface area (TPSA) is 75.7 Å². The van der Waals surface area contributed by atoms with Gasteiger partial charge in [-0.1, -0.05) is 23.8 Å². The molecule has 1 heterocycles. The van der Waals surface area contributed by atoms with E-state index in [-0.39, 0.29) is 24.6 Å². The van der Waals surface area contributed by atoms with Crippen LogP contribution in [0.5, 0.6) is 0 Å². The molecule has 0 aliphatic carbocycles. The third-order valence-corrected chi connectivity index (χ3v) is 4.61. The van der Waals surface area contributed by atoms with Crippen molar-refractivity contribution in [3.8, 4) is 0 Å². The highest BCUT2D eigenvalue weighted by Crippen LogP contribution is 2.26. The number of nitrogens with one attached hydrogen (secondary N) is 1. The van der Waals surface area contributed by atoms with Gasteiger partial charge in [0.15, 0.2) is 6.61 Å². The molecule has 0 aromatic heterocycles. The fourth-order valence-electron chi connectivity index (χ4n) is 2.96. The second-order valence-corrected chi connectivity index (χ2v) is 6.86. The Bertz CT molecular complexity index is 911. The van der Waals surface area contributed by atoms with Crippen LogP contribution in [0.1, 0.15) is 17.5 Å². The Morgan fingerprint density at radius 1 is 1.18 bits per heavy atom. The Kier molecular flexibility index (Phi) is 5.73. The molecule has 0 spiro atoms. The Hall–Kier alpha value is -3.22. The fourth-order valence-corrected chi connectivity index (χ4v) is 2.96. The number of aryl methyl sites for hydroxylation is 2. The molecule has 1 fully saturated rings. The van der Waals surface area contributed by atoms with Crippen LogP contribution < -0.4 is 10.2 Å². The molecule has 0 unspecified atom stereocenters. The van der Waals surface area contributed by atoms with Crippen molar-refractivity contribution >= 4 is 29.2 Å². The van der Waals surface area contributed by atoms with E-state index < -0.39 is 30.2 Å². The summed E-state index contributed by atoms with van der Waals surface area (Å²) in [5, 5.41) is 2.47. The van der Waals surface area contributed by atoms with Gasteiger partial charge in [-0.15, -0.1) is 0 Å². The van der Waals surface area contributed by atoms with E-state index >= 15 is 0 Å². The number of ether oxygens (including phenoxy) is 1. The van der Waals surface area contributed by atoms with Crippen LogP contribution in [0.2, 0.25) is 0 Å². The number of hydrogen-bond donors (Lipinski definition) is 1. The molecule has 2 aromatic carbocycles. The maximum absolute atomic E-state index is 13.5. The summed E-state index contributed by atoms with van der Waals surface area (Å²) in [7, 11) is 0. The fraction of sp³-hybridized carbons (Fsp3) is 0.286. The van der Waals surface area contributed by atoms with Crippen molar-refractivity contribution in [1.82, 2.24) is 0 Å². The molecule has 0 bridgehead atoms. The lowest BCUT2D eigenvalue weighted by molar-refractivity contribution is -0.151. The lowest BCUT2D eigenvalue weighted by atomic mass is 10.1. The maximum Gasteiger partial charge on any atom is 0.311 e. The highest BCUT2D eigenvalue weighted by atomic mass is 19.1. The Morgan fingerprint density at radius 2 is 1.89 bits per heavy atom. The third kappa shape index (κ3) is 4.54. The summed E-state index contributed by atoms with van der Waals surface area (Å²) < 4.78 is 18.6. The van der Waals surface area contributed by atoms with Gasteiger partial charge in [0.2, 0.25) is 5.91 Å². The largest absolute Gasteiger partial charge is 0.455 e. The van der Waals surface area contributed by atoms with Gasteiger partial charge in [0.25, 0.3) is 5.91 Å². The molecular weight excluding hydrogens is 363 g/mol. The Labute approximate surface area is 162 Å². The van der Waals surface area contributed by atoms with Gasteiger partial charge in [0, 0.05) is 24.3 Å². The zero-order valence-electron chi connectivity index (χ0n) is 15.7. The summed E-state index contributed by atoms with van der Waals surface area (Å²) in [5.74, 6) is -2.40. The van der Waals surface area contributed by atoms with Crippen LogP contribution >= 0.6 is 0 Å². The van der Waals surface area contributed by atoms with Gasteiger partial charge in [-0.2, -0.15) is 0 Å². The van der Waals surface area contributed by atoms with Crippen LogP contribution in [0.3, 0.4) is 0 Å². The molecule has 6 nitrogen and oxygen atoms in total. The number of carbonyl (C=O) groups is 3. The monoisotopic (exact) mass is 384 g/mol. The first-order chi connectivity index (χ1) is 13.3. The molecule has 1 N–H and O–H groups in total. The summed E-state index contributed by atoms with van der Waals surface area (Å²) in [4.78, 5) is 37.9. The standard InChI is InChI=1S/C21H21FN2O4/c1-13-3-7-17(8-4-13)24-11-15(9-20(24)26)21(27)28-12-19(25)23-16-6-5-14(2)18(22)10-16/h3-8,10,15H,9,11-12H2,1-2H3,(H,23,25)/t15-/m1/s1. The number of nitrogens with zero attached hydrogens (tertiary/aromatic N) is 1. The second kappa shape index (κ2) is 8.21. The molecule has 1 saturated heterocycles. The van der Waals surface area contributed by atoms with Gasteiger partial charge >= 0.3 is 5.97 Å². The van der Waals surface area contributed by atoms with E-state index in [9.17, 15) is 18.8 Å². The predicted molar refractivity (Wildman–Crippen MR) is 102 cm³/mol. The molecular formula is C21H21FN2O4. The number of esters is 1.